The van der Waals surface area contributed by atoms with Gasteiger partial charge in [-0.05, 0) is 12.8 Å². The number of aldehydes is 1. The van der Waals surface area contributed by atoms with Crippen molar-refractivity contribution in [3.8, 4) is 0 Å². The molecule has 0 aromatic heterocycles. The van der Waals surface area contributed by atoms with Crippen molar-refractivity contribution in [3.05, 3.63) is 0 Å². The van der Waals surface area contributed by atoms with Crippen LogP contribution in [0.3, 0.4) is 0 Å². The molecule has 0 heterocycles. The number of hydrogen-bond donors (Lipinski definition) is 0. The van der Waals surface area contributed by atoms with Crippen LogP contribution in [0.2, 0.25) is 0 Å². The third kappa shape index (κ3) is 9.59. The first kappa shape index (κ1) is 10.6. The maximum atomic E-state index is 9.89. The third-order valence-electron chi connectivity index (χ3n) is 1.31. The summed E-state index contributed by atoms with van der Waals surface area (Å²) in [6, 6.07) is 0. The minimum Gasteiger partial charge on any atom is -0.359 e. The molecule has 0 aliphatic heterocycles. The highest BCUT2D eigenvalue weighted by atomic mass is 16.7. The van der Waals surface area contributed by atoms with Crippen LogP contribution in [0.1, 0.15) is 25.7 Å². The number of hydrogen-bond acceptors (Lipinski definition) is 3. The van der Waals surface area contributed by atoms with Crippen LogP contribution < -0.4 is 0 Å². The molecule has 0 radical (unpaired) electrons. The van der Waals surface area contributed by atoms with Gasteiger partial charge in [0.25, 0.3) is 0 Å². The van der Waals surface area contributed by atoms with Gasteiger partial charge < -0.3 is 14.3 Å². The summed E-state index contributed by atoms with van der Waals surface area (Å²) in [5.41, 5.74) is 0. The predicted molar refractivity (Wildman–Crippen MR) is 42.4 cm³/mol. The van der Waals surface area contributed by atoms with E-state index < -0.39 is 0 Å². The number of carbonyl (C=O) groups excluding carboxylic acids is 1. The van der Waals surface area contributed by atoms with Crippen LogP contribution in [0.4, 0.5) is 0 Å². The summed E-state index contributed by atoms with van der Waals surface area (Å²) in [7, 11) is 1.60. The van der Waals surface area contributed by atoms with Gasteiger partial charge in [-0.2, -0.15) is 0 Å². The van der Waals surface area contributed by atoms with Gasteiger partial charge >= 0.3 is 0 Å². The number of ether oxygens (including phenoxy) is 2. The van der Waals surface area contributed by atoms with E-state index in [2.05, 4.69) is 0 Å². The lowest BCUT2D eigenvalue weighted by Gasteiger charge is -2.00. The molecular weight excluding hydrogens is 144 g/mol. The molecule has 0 rings (SSSR count). The summed E-state index contributed by atoms with van der Waals surface area (Å²) in [6.45, 7) is 1.10. The topological polar surface area (TPSA) is 35.5 Å². The molecule has 0 saturated carbocycles. The first-order valence-electron chi connectivity index (χ1n) is 3.92. The zero-order valence-corrected chi connectivity index (χ0v) is 7.04. The Morgan fingerprint density at radius 1 is 1.27 bits per heavy atom. The minimum atomic E-state index is 0.369. The highest BCUT2D eigenvalue weighted by Crippen LogP contribution is 1.97. The Bertz CT molecular complexity index is 83.4. The van der Waals surface area contributed by atoms with E-state index in [1.807, 2.05) is 0 Å². The monoisotopic (exact) mass is 160 g/mol. The first-order valence-corrected chi connectivity index (χ1v) is 3.92. The van der Waals surface area contributed by atoms with Crippen molar-refractivity contribution in [1.82, 2.24) is 0 Å². The normalized spacial score (nSPS) is 9.91. The van der Waals surface area contributed by atoms with Crippen LogP contribution in [0.25, 0.3) is 0 Å². The van der Waals surface area contributed by atoms with Crippen LogP contribution in [-0.4, -0.2) is 26.8 Å². The summed E-state index contributed by atoms with van der Waals surface area (Å²) < 4.78 is 9.74. The van der Waals surface area contributed by atoms with E-state index in [-0.39, 0.29) is 0 Å². The fourth-order valence-electron chi connectivity index (χ4n) is 0.751. The Labute approximate surface area is 67.7 Å². The number of rotatable bonds is 8. The second-order valence-corrected chi connectivity index (χ2v) is 2.33. The van der Waals surface area contributed by atoms with Crippen molar-refractivity contribution in [2.45, 2.75) is 25.7 Å². The maximum absolute atomic E-state index is 9.89. The van der Waals surface area contributed by atoms with E-state index in [9.17, 15) is 4.79 Å². The maximum Gasteiger partial charge on any atom is 0.146 e. The molecule has 0 fully saturated rings. The smallest absolute Gasteiger partial charge is 0.146 e. The standard InChI is InChI=1S/C8H16O3/c1-10-8-11-7-5-3-2-4-6-9/h6H,2-5,7-8H2,1H3. The summed E-state index contributed by atoms with van der Waals surface area (Å²) in [6.07, 6.45) is 4.67. The van der Waals surface area contributed by atoms with Crippen LogP contribution in [0.15, 0.2) is 0 Å². The molecule has 11 heavy (non-hydrogen) atoms. The zero-order valence-electron chi connectivity index (χ0n) is 7.04. The van der Waals surface area contributed by atoms with E-state index in [4.69, 9.17) is 9.47 Å². The van der Waals surface area contributed by atoms with Crippen molar-refractivity contribution in [1.29, 1.82) is 0 Å². The van der Waals surface area contributed by atoms with Crippen molar-refractivity contribution in [3.63, 3.8) is 0 Å². The number of carbonyl (C=O) groups is 1. The molecule has 0 N–H and O–H groups in total. The van der Waals surface area contributed by atoms with Crippen LogP contribution in [0.5, 0.6) is 0 Å². The average molecular weight is 160 g/mol. The molecule has 3 nitrogen and oxygen atoms in total. The molecule has 0 aliphatic rings. The van der Waals surface area contributed by atoms with Gasteiger partial charge in [0, 0.05) is 20.1 Å². The van der Waals surface area contributed by atoms with Gasteiger partial charge in [0.05, 0.1) is 0 Å². The second-order valence-electron chi connectivity index (χ2n) is 2.33. The van der Waals surface area contributed by atoms with E-state index in [1.165, 1.54) is 0 Å². The molecular formula is C8H16O3. The molecule has 0 amide bonds. The summed E-state index contributed by atoms with van der Waals surface area (Å²) in [4.78, 5) is 9.89. The van der Waals surface area contributed by atoms with E-state index >= 15 is 0 Å². The zero-order chi connectivity index (χ0) is 8.36. The molecule has 3 heteroatoms. The lowest BCUT2D eigenvalue weighted by atomic mass is 10.2. The average Bonchev–Trinajstić information content (AvgIpc) is 2.03. The van der Waals surface area contributed by atoms with Crippen molar-refractivity contribution < 1.29 is 14.3 Å². The van der Waals surface area contributed by atoms with E-state index in [0.717, 1.165) is 32.2 Å². The molecule has 66 valence electrons. The third-order valence-corrected chi connectivity index (χ3v) is 1.31. The quantitative estimate of drug-likeness (QED) is 0.305. The van der Waals surface area contributed by atoms with Crippen molar-refractivity contribution >= 4 is 6.29 Å². The fourth-order valence-corrected chi connectivity index (χ4v) is 0.751. The molecule has 0 saturated heterocycles. The molecule has 0 aliphatic carbocycles. The highest BCUT2D eigenvalue weighted by Gasteiger charge is 1.88. The van der Waals surface area contributed by atoms with Gasteiger partial charge in [-0.3, -0.25) is 0 Å². The predicted octanol–water partition coefficient (Wildman–Crippen LogP) is 1.37. The SMILES string of the molecule is COCOCCCCCC=O. The Balaban J connectivity index is 2.74. The van der Waals surface area contributed by atoms with E-state index in [0.29, 0.717) is 13.2 Å². The summed E-state index contributed by atoms with van der Waals surface area (Å²) in [5, 5.41) is 0. The molecule has 0 spiro atoms. The fraction of sp³-hybridized carbons (Fsp3) is 0.875. The lowest BCUT2D eigenvalue weighted by Crippen LogP contribution is -1.98. The van der Waals surface area contributed by atoms with Crippen LogP contribution >= 0.6 is 0 Å². The van der Waals surface area contributed by atoms with Gasteiger partial charge in [0.1, 0.15) is 13.1 Å². The summed E-state index contributed by atoms with van der Waals surface area (Å²) >= 11 is 0. The van der Waals surface area contributed by atoms with Crippen molar-refractivity contribution in [2.24, 2.45) is 0 Å². The molecule has 0 atom stereocenters. The second kappa shape index (κ2) is 9.59. The van der Waals surface area contributed by atoms with Gasteiger partial charge in [-0.1, -0.05) is 6.42 Å². The Morgan fingerprint density at radius 3 is 2.73 bits per heavy atom. The Morgan fingerprint density at radius 2 is 2.09 bits per heavy atom. The lowest BCUT2D eigenvalue weighted by molar-refractivity contribution is -0.108. The number of methoxy groups -OCH3 is 1. The number of unbranched alkanes of at least 4 members (excludes halogenated alkanes) is 3. The molecule has 0 bridgehead atoms. The molecule has 0 unspecified atom stereocenters. The molecule has 0 aromatic carbocycles. The van der Waals surface area contributed by atoms with E-state index in [1.54, 1.807) is 7.11 Å². The highest BCUT2D eigenvalue weighted by molar-refractivity contribution is 5.48. The van der Waals surface area contributed by atoms with Crippen LogP contribution in [0, 0.1) is 0 Å². The summed E-state index contributed by atoms with van der Waals surface area (Å²) in [5.74, 6) is 0. The van der Waals surface area contributed by atoms with Gasteiger partial charge in [0.15, 0.2) is 0 Å². The van der Waals surface area contributed by atoms with Gasteiger partial charge in [-0.15, -0.1) is 0 Å². The van der Waals surface area contributed by atoms with Gasteiger partial charge in [0.2, 0.25) is 0 Å². The van der Waals surface area contributed by atoms with Crippen LogP contribution in [-0.2, 0) is 14.3 Å². The molecule has 0 aromatic rings. The Kier molecular flexibility index (Phi) is 9.23. The first-order chi connectivity index (χ1) is 5.41. The minimum absolute atomic E-state index is 0.369. The Hall–Kier alpha value is -0.410. The largest absolute Gasteiger partial charge is 0.359 e. The van der Waals surface area contributed by atoms with Gasteiger partial charge in [-0.25, -0.2) is 0 Å². The van der Waals surface area contributed by atoms with Crippen molar-refractivity contribution in [2.75, 3.05) is 20.5 Å².